The van der Waals surface area contributed by atoms with Gasteiger partial charge in [-0.05, 0) is 84.1 Å². The number of Topliss-reactive ketones (excluding diaryl/α,β-unsaturated/α-hetero) is 1. The molecule has 22 nitrogen and oxygen atoms in total. The lowest BCUT2D eigenvalue weighted by molar-refractivity contribution is -0.346. The van der Waals surface area contributed by atoms with E-state index in [0.717, 1.165) is 12.7 Å². The quantitative estimate of drug-likeness (QED) is 0.0300. The zero-order valence-electron chi connectivity index (χ0n) is 47.6. The van der Waals surface area contributed by atoms with E-state index in [2.05, 4.69) is 5.32 Å². The Bertz CT molecular complexity index is 2390. The molecule has 3 aliphatic carbocycles. The first-order valence-electron chi connectivity index (χ1n) is 26.2. The van der Waals surface area contributed by atoms with Crippen molar-refractivity contribution in [3.8, 4) is 11.5 Å². The largest absolute Gasteiger partial charge is 0.497 e. The summed E-state index contributed by atoms with van der Waals surface area (Å²) in [6.45, 7) is 17.3. The number of nitrogens with one attached hydrogen (secondary N) is 1. The van der Waals surface area contributed by atoms with Gasteiger partial charge in [-0.3, -0.25) is 14.4 Å². The Morgan fingerprint density at radius 3 is 2.06 bits per heavy atom. The first-order chi connectivity index (χ1) is 37.1. The van der Waals surface area contributed by atoms with E-state index < -0.39 is 125 Å². The molecule has 3 fully saturated rings. The molecule has 2 bridgehead atoms. The second kappa shape index (κ2) is 28.0. The van der Waals surface area contributed by atoms with Crippen molar-refractivity contribution in [2.24, 2.45) is 16.7 Å². The van der Waals surface area contributed by atoms with Crippen LogP contribution < -0.4 is 14.8 Å². The van der Waals surface area contributed by atoms with E-state index in [1.165, 1.54) is 66.2 Å². The predicted molar refractivity (Wildman–Crippen MR) is 288 cm³/mol. The van der Waals surface area contributed by atoms with E-state index in [-0.39, 0.29) is 60.9 Å². The lowest BCUT2D eigenvalue weighted by Crippen LogP contribution is -2.82. The van der Waals surface area contributed by atoms with Crippen LogP contribution in [0.4, 0.5) is 4.79 Å². The minimum absolute atomic E-state index is 0.0231. The van der Waals surface area contributed by atoms with E-state index >= 15 is 9.59 Å². The van der Waals surface area contributed by atoms with Crippen LogP contribution >= 0.6 is 21.6 Å². The number of alkyl carbamates (subject to hydrolysis) is 1. The topological polar surface area (TPSA) is 286 Å². The van der Waals surface area contributed by atoms with Crippen LogP contribution in [0.5, 0.6) is 11.5 Å². The number of methoxy groups -OCH3 is 2. The van der Waals surface area contributed by atoms with Gasteiger partial charge in [-0.15, -0.1) is 0 Å². The molecule has 4 aliphatic rings. The number of hydrogen-bond acceptors (Lipinski definition) is 23. The Labute approximate surface area is 470 Å². The minimum Gasteiger partial charge on any atom is -0.497 e. The van der Waals surface area contributed by atoms with Gasteiger partial charge >= 0.3 is 30.0 Å². The van der Waals surface area contributed by atoms with Crippen molar-refractivity contribution in [2.45, 2.75) is 148 Å². The highest BCUT2D eigenvalue weighted by Gasteiger charge is 2.79. The maximum atomic E-state index is 15.8. The lowest BCUT2D eigenvalue weighted by atomic mass is 9.44. The van der Waals surface area contributed by atoms with Crippen molar-refractivity contribution in [3.63, 3.8) is 0 Å². The summed E-state index contributed by atoms with van der Waals surface area (Å²) >= 11 is 0. The first kappa shape index (κ1) is 65.3. The fraction of sp³-hybridized carbons (Fsp3) is 0.709. The number of benzene rings is 1. The summed E-state index contributed by atoms with van der Waals surface area (Å²) in [5.41, 5.74) is -8.96. The molecule has 1 saturated heterocycles. The molecule has 11 atom stereocenters. The summed E-state index contributed by atoms with van der Waals surface area (Å²) in [7, 11) is 6.09. The predicted octanol–water partition coefficient (Wildman–Crippen LogP) is 4.89. The highest BCUT2D eigenvalue weighted by atomic mass is 33.1. The highest BCUT2D eigenvalue weighted by Crippen LogP contribution is 2.64. The Morgan fingerprint density at radius 2 is 1.52 bits per heavy atom. The monoisotopic (exact) mass is 1160 g/mol. The van der Waals surface area contributed by atoms with Crippen LogP contribution in [0.1, 0.15) is 98.9 Å². The molecule has 5 rings (SSSR count). The molecule has 1 heterocycles. The van der Waals surface area contributed by atoms with Crippen molar-refractivity contribution in [2.75, 3.05) is 85.7 Å². The van der Waals surface area contributed by atoms with Crippen LogP contribution in [0.2, 0.25) is 0 Å². The van der Waals surface area contributed by atoms with Gasteiger partial charge in [0.15, 0.2) is 17.5 Å². The molecular weight excluding hydrogens is 1070 g/mol. The van der Waals surface area contributed by atoms with Gasteiger partial charge < -0.3 is 77.5 Å². The number of esters is 4. The van der Waals surface area contributed by atoms with Gasteiger partial charge in [0.1, 0.15) is 58.8 Å². The molecule has 0 spiro atoms. The number of ketones is 1. The second-order valence-electron chi connectivity index (χ2n) is 21.8. The van der Waals surface area contributed by atoms with Crippen LogP contribution in [0.3, 0.4) is 0 Å². The Hall–Kier alpha value is -4.50. The maximum absolute atomic E-state index is 15.8. The summed E-state index contributed by atoms with van der Waals surface area (Å²) in [5.74, 6) is -5.61. The summed E-state index contributed by atoms with van der Waals surface area (Å²) in [6, 6.07) is 2.93. The minimum atomic E-state index is -2.52. The van der Waals surface area contributed by atoms with Gasteiger partial charge in [-0.1, -0.05) is 47.1 Å². The molecule has 1 amide bonds. The van der Waals surface area contributed by atoms with Crippen molar-refractivity contribution in [1.82, 2.24) is 5.32 Å². The average molecular weight is 1160 g/mol. The van der Waals surface area contributed by atoms with Crippen LogP contribution in [0, 0.1) is 16.7 Å². The molecule has 2 saturated carbocycles. The van der Waals surface area contributed by atoms with Crippen molar-refractivity contribution >= 4 is 57.3 Å². The third kappa shape index (κ3) is 15.1. The summed E-state index contributed by atoms with van der Waals surface area (Å²) < 4.78 is 69.8. The maximum Gasteiger partial charge on any atom is 0.408 e. The fourth-order valence-electron chi connectivity index (χ4n) is 11.0. The number of rotatable bonds is 27. The molecule has 0 radical (unpaired) electrons. The summed E-state index contributed by atoms with van der Waals surface area (Å²) in [4.78, 5) is 85.4. The number of ether oxygens (including phenoxy) is 12. The second-order valence-corrected chi connectivity index (χ2v) is 24.5. The Balaban J connectivity index is 1.53. The lowest BCUT2D eigenvalue weighted by Gasteiger charge is -2.67. The van der Waals surface area contributed by atoms with Gasteiger partial charge in [-0.25, -0.2) is 14.4 Å². The van der Waals surface area contributed by atoms with E-state index in [1.54, 1.807) is 56.2 Å². The fourth-order valence-corrected chi connectivity index (χ4v) is 12.1. The number of hydrogen-bond donors (Lipinski definition) is 4. The van der Waals surface area contributed by atoms with Gasteiger partial charge in [0.25, 0.3) is 0 Å². The molecular formula is C55H81NO21S2. The van der Waals surface area contributed by atoms with Crippen LogP contribution in [-0.4, -0.2) is 196 Å². The molecule has 1 aromatic rings. The van der Waals surface area contributed by atoms with Crippen LogP contribution in [0.15, 0.2) is 41.0 Å². The van der Waals surface area contributed by atoms with Gasteiger partial charge in [0.05, 0.1) is 97.5 Å². The SMILES string of the molecule is COc1ccc(OC)c(C(=O)O[C@H]2C3[C@](C)(C(=O)[C@H](O)C4=C(C)[C@@H](OC(=O)[C@H](O)[C@H](C=C(C)C)NC(=O)OC(C)(C)C)C[C@]2(O)C4(C)C)C(OC(=O)CCOCCOCCOCCOCCSSC)C[C@H]2OC[C@@]32OC(C)=O)c1. The molecule has 0 aromatic heterocycles. The average Bonchev–Trinajstić information content (AvgIpc) is 3.06. The van der Waals surface area contributed by atoms with E-state index in [9.17, 15) is 34.5 Å². The van der Waals surface area contributed by atoms with Crippen molar-refractivity contribution in [1.29, 1.82) is 0 Å². The summed E-state index contributed by atoms with van der Waals surface area (Å²) in [6.07, 6.45) is -9.12. The standard InChI is InChI=1S/C55H81NO21S2/c1-31(2)26-36(56-50(64)77-51(5,6)7)43(59)49(63)73-38-29-55(65)47(75-48(62)35-27-34(66-11)14-15-37(35)67-12)45-53(10,46(61)44(60)42(32(38)3)52(55,8)9)39(28-40-54(45,30-72-40)76-33(4)57)74-41(58)16-17-68-18-19-69-20-21-70-22-23-71-24-25-79-78-13/h14-15,26-27,36,38-40,43-45,47,59-60,65H,16-25,28-30H2,1-13H3,(H,56,64)/t36-,38-,39?,40+,43+,44+,45?,47-,53+,54-,55+/m0/s1. The molecule has 444 valence electrons. The Morgan fingerprint density at radius 1 is 0.899 bits per heavy atom. The van der Waals surface area contributed by atoms with Gasteiger partial charge in [0, 0.05) is 30.9 Å². The number of fused-ring (bicyclic) bond motifs is 5. The Kier molecular flexibility index (Phi) is 23.1. The highest BCUT2D eigenvalue weighted by molar-refractivity contribution is 8.76. The molecule has 1 aliphatic heterocycles. The van der Waals surface area contributed by atoms with E-state index in [4.69, 9.17) is 56.8 Å². The smallest absolute Gasteiger partial charge is 0.408 e. The van der Waals surface area contributed by atoms with E-state index in [0.29, 0.717) is 38.6 Å². The number of aliphatic hydroxyl groups excluding tert-OH is 2. The number of aliphatic hydroxyl groups is 3. The number of carbonyl (C=O) groups is 6. The number of carbonyl (C=O) groups excluding carboxylic acids is 6. The normalized spacial score (nSPS) is 27.7. The van der Waals surface area contributed by atoms with E-state index in [1.807, 2.05) is 6.26 Å². The molecule has 79 heavy (non-hydrogen) atoms. The van der Waals surface area contributed by atoms with Crippen LogP contribution in [-0.2, 0) is 66.5 Å². The third-order valence-corrected chi connectivity index (χ3v) is 16.6. The molecule has 1 aromatic carbocycles. The van der Waals surface area contributed by atoms with Gasteiger partial charge in [0.2, 0.25) is 0 Å². The van der Waals surface area contributed by atoms with Crippen molar-refractivity contribution < 1.29 is 101 Å². The third-order valence-electron chi connectivity index (χ3n) is 14.8. The number of amides is 1. The van der Waals surface area contributed by atoms with Crippen LogP contribution in [0.25, 0.3) is 0 Å². The first-order valence-corrected chi connectivity index (χ1v) is 28.9. The van der Waals surface area contributed by atoms with Crippen molar-refractivity contribution in [3.05, 3.63) is 46.6 Å². The molecule has 2 unspecified atom stereocenters. The molecule has 4 N–H and O–H groups in total. The number of allylic oxidation sites excluding steroid dienone is 1. The summed E-state index contributed by atoms with van der Waals surface area (Å²) in [5, 5.41) is 40.8. The van der Waals surface area contributed by atoms with Gasteiger partial charge in [-0.2, -0.15) is 0 Å². The molecule has 24 heteroatoms. The zero-order valence-corrected chi connectivity index (χ0v) is 49.3. The zero-order chi connectivity index (χ0) is 58.7.